The fraction of sp³-hybridized carbons (Fsp3) is 0.455. The van der Waals surface area contributed by atoms with Gasteiger partial charge in [0.05, 0.1) is 5.56 Å². The second kappa shape index (κ2) is 4.29. The quantitative estimate of drug-likeness (QED) is 0.774. The first kappa shape index (κ1) is 11.5. The van der Waals surface area contributed by atoms with Gasteiger partial charge in [-0.05, 0) is 6.07 Å². The molecule has 15 heavy (non-hydrogen) atoms. The van der Waals surface area contributed by atoms with E-state index in [2.05, 4.69) is 0 Å². The number of rotatable bonds is 4. The predicted octanol–water partition coefficient (Wildman–Crippen LogP) is 2.38. The van der Waals surface area contributed by atoms with Gasteiger partial charge in [-0.25, -0.2) is 4.79 Å². The maximum absolute atomic E-state index is 11.7. The van der Waals surface area contributed by atoms with E-state index in [-0.39, 0.29) is 23.0 Å². The van der Waals surface area contributed by atoms with Crippen LogP contribution < -0.4 is 0 Å². The van der Waals surface area contributed by atoms with Crippen molar-refractivity contribution in [2.45, 2.75) is 27.2 Å². The van der Waals surface area contributed by atoms with Gasteiger partial charge in [0.2, 0.25) is 5.76 Å². The zero-order chi connectivity index (χ0) is 11.6. The number of aromatic carboxylic acids is 1. The average molecular weight is 210 g/mol. The van der Waals surface area contributed by atoms with Gasteiger partial charge in [0.25, 0.3) is 0 Å². The van der Waals surface area contributed by atoms with Gasteiger partial charge >= 0.3 is 5.97 Å². The summed E-state index contributed by atoms with van der Waals surface area (Å²) in [6.07, 6.45) is 0.575. The summed E-state index contributed by atoms with van der Waals surface area (Å²) in [5.74, 6) is -1.35. The molecule has 0 radical (unpaired) electrons. The number of hydrogen-bond donors (Lipinski definition) is 1. The smallest absolute Gasteiger partial charge is 0.372 e. The third-order valence-electron chi connectivity index (χ3n) is 2.12. The van der Waals surface area contributed by atoms with Crippen molar-refractivity contribution >= 4 is 11.8 Å². The first-order valence-electron chi connectivity index (χ1n) is 4.87. The summed E-state index contributed by atoms with van der Waals surface area (Å²) in [6.45, 7) is 5.30. The van der Waals surface area contributed by atoms with Crippen LogP contribution >= 0.6 is 0 Å². The van der Waals surface area contributed by atoms with E-state index in [0.29, 0.717) is 12.2 Å². The summed E-state index contributed by atoms with van der Waals surface area (Å²) in [5.41, 5.74) is 0.175. The fourth-order valence-electron chi connectivity index (χ4n) is 1.27. The Balaban J connectivity index is 3.20. The normalized spacial score (nSPS) is 10.7. The van der Waals surface area contributed by atoms with Crippen LogP contribution in [0.4, 0.5) is 0 Å². The molecule has 1 N–H and O–H groups in total. The van der Waals surface area contributed by atoms with Gasteiger partial charge in [-0.3, -0.25) is 4.79 Å². The largest absolute Gasteiger partial charge is 0.475 e. The van der Waals surface area contributed by atoms with Crippen molar-refractivity contribution in [3.05, 3.63) is 23.2 Å². The van der Waals surface area contributed by atoms with E-state index < -0.39 is 5.97 Å². The number of carbonyl (C=O) groups is 2. The maximum atomic E-state index is 11.7. The minimum absolute atomic E-state index is 0.175. The van der Waals surface area contributed by atoms with Gasteiger partial charge < -0.3 is 9.52 Å². The molecule has 4 heteroatoms. The van der Waals surface area contributed by atoms with Gasteiger partial charge in [0.15, 0.2) is 5.78 Å². The average Bonchev–Trinajstić information content (AvgIpc) is 2.60. The van der Waals surface area contributed by atoms with Crippen LogP contribution in [0.5, 0.6) is 0 Å². The first-order chi connectivity index (χ1) is 6.97. The van der Waals surface area contributed by atoms with Gasteiger partial charge in [-0.15, -0.1) is 0 Å². The van der Waals surface area contributed by atoms with Crippen molar-refractivity contribution in [2.75, 3.05) is 0 Å². The topological polar surface area (TPSA) is 67.5 Å². The van der Waals surface area contributed by atoms with E-state index in [9.17, 15) is 9.59 Å². The van der Waals surface area contributed by atoms with Crippen molar-refractivity contribution < 1.29 is 19.1 Å². The standard InChI is InChI=1S/C11H14O4/c1-4-7-5-8(9(12)6(2)3)10(15-7)11(13)14/h5-6H,4H2,1-3H3,(H,13,14). The Kier molecular flexibility index (Phi) is 3.29. The van der Waals surface area contributed by atoms with Gasteiger partial charge in [-0.1, -0.05) is 20.8 Å². The summed E-state index contributed by atoms with van der Waals surface area (Å²) in [6, 6.07) is 1.52. The lowest BCUT2D eigenvalue weighted by atomic mass is 10.0. The molecule has 4 nitrogen and oxygen atoms in total. The molecule has 0 aliphatic rings. The van der Waals surface area contributed by atoms with Crippen LogP contribution in [0, 0.1) is 5.92 Å². The highest BCUT2D eigenvalue weighted by Gasteiger charge is 2.23. The van der Waals surface area contributed by atoms with Crippen LogP contribution in [0.1, 0.15) is 47.4 Å². The van der Waals surface area contributed by atoms with Crippen LogP contribution in [0.15, 0.2) is 10.5 Å². The minimum atomic E-state index is -1.20. The number of carbonyl (C=O) groups excluding carboxylic acids is 1. The van der Waals surface area contributed by atoms with E-state index in [1.54, 1.807) is 13.8 Å². The minimum Gasteiger partial charge on any atom is -0.475 e. The lowest BCUT2D eigenvalue weighted by molar-refractivity contribution is 0.0654. The molecule has 0 amide bonds. The molecule has 0 aliphatic carbocycles. The Morgan fingerprint density at radius 1 is 1.47 bits per heavy atom. The van der Waals surface area contributed by atoms with E-state index in [4.69, 9.17) is 9.52 Å². The molecule has 0 saturated heterocycles. The van der Waals surface area contributed by atoms with E-state index in [1.165, 1.54) is 6.07 Å². The fourth-order valence-corrected chi connectivity index (χ4v) is 1.27. The molecule has 82 valence electrons. The molecule has 1 rings (SSSR count). The lowest BCUT2D eigenvalue weighted by Gasteiger charge is -2.00. The Bertz CT molecular complexity index is 387. The van der Waals surface area contributed by atoms with Crippen LogP contribution in [-0.4, -0.2) is 16.9 Å². The summed E-state index contributed by atoms with van der Waals surface area (Å²) >= 11 is 0. The van der Waals surface area contributed by atoms with E-state index in [1.807, 2.05) is 6.92 Å². The number of carboxylic acids is 1. The third-order valence-corrected chi connectivity index (χ3v) is 2.12. The highest BCUT2D eigenvalue weighted by atomic mass is 16.4. The Labute approximate surface area is 87.9 Å². The molecule has 1 aromatic heterocycles. The van der Waals surface area contributed by atoms with Crippen LogP contribution in [0.2, 0.25) is 0 Å². The Hall–Kier alpha value is -1.58. The molecule has 0 bridgehead atoms. The summed E-state index contributed by atoms with van der Waals surface area (Å²) < 4.78 is 5.08. The van der Waals surface area contributed by atoms with Gasteiger partial charge in [-0.2, -0.15) is 0 Å². The molecule has 0 aromatic carbocycles. The Morgan fingerprint density at radius 3 is 2.47 bits per heavy atom. The van der Waals surface area contributed by atoms with Crippen LogP contribution in [0.25, 0.3) is 0 Å². The number of aryl methyl sites for hydroxylation is 1. The van der Waals surface area contributed by atoms with Crippen molar-refractivity contribution in [2.24, 2.45) is 5.92 Å². The molecule has 0 spiro atoms. The lowest BCUT2D eigenvalue weighted by Crippen LogP contribution is -2.11. The Morgan fingerprint density at radius 2 is 2.07 bits per heavy atom. The van der Waals surface area contributed by atoms with Crippen molar-refractivity contribution in [3.8, 4) is 0 Å². The zero-order valence-electron chi connectivity index (χ0n) is 9.03. The monoisotopic (exact) mass is 210 g/mol. The molecule has 0 unspecified atom stereocenters. The van der Waals surface area contributed by atoms with Crippen molar-refractivity contribution in [3.63, 3.8) is 0 Å². The molecule has 0 saturated carbocycles. The number of furan rings is 1. The highest BCUT2D eigenvalue weighted by Crippen LogP contribution is 2.19. The molecule has 1 aromatic rings. The molecular formula is C11H14O4. The molecule has 0 atom stereocenters. The molecule has 0 aliphatic heterocycles. The van der Waals surface area contributed by atoms with Crippen LogP contribution in [0.3, 0.4) is 0 Å². The second-order valence-corrected chi connectivity index (χ2v) is 3.63. The summed E-state index contributed by atoms with van der Waals surface area (Å²) in [4.78, 5) is 22.5. The van der Waals surface area contributed by atoms with E-state index >= 15 is 0 Å². The van der Waals surface area contributed by atoms with Crippen molar-refractivity contribution in [1.29, 1.82) is 0 Å². The first-order valence-corrected chi connectivity index (χ1v) is 4.87. The summed E-state index contributed by atoms with van der Waals surface area (Å²) in [5, 5.41) is 8.86. The SMILES string of the molecule is CCc1cc(C(=O)C(C)C)c(C(=O)O)o1. The van der Waals surface area contributed by atoms with Crippen molar-refractivity contribution in [1.82, 2.24) is 0 Å². The van der Waals surface area contributed by atoms with Crippen LogP contribution in [-0.2, 0) is 6.42 Å². The molecule has 0 fully saturated rings. The number of carboxylic acid groups (broad SMARTS) is 1. The number of hydrogen-bond acceptors (Lipinski definition) is 3. The molecule has 1 heterocycles. The summed E-state index contributed by atoms with van der Waals surface area (Å²) in [7, 11) is 0. The zero-order valence-corrected chi connectivity index (χ0v) is 9.03. The number of ketones is 1. The maximum Gasteiger partial charge on any atom is 0.372 e. The van der Waals surface area contributed by atoms with E-state index in [0.717, 1.165) is 0 Å². The third kappa shape index (κ3) is 2.26. The van der Waals surface area contributed by atoms with Gasteiger partial charge in [0.1, 0.15) is 5.76 Å². The number of Topliss-reactive ketones (excluding diaryl/α,β-unsaturated/α-hetero) is 1. The predicted molar refractivity (Wildman–Crippen MR) is 54.2 cm³/mol. The molecular weight excluding hydrogens is 196 g/mol. The second-order valence-electron chi connectivity index (χ2n) is 3.63. The highest BCUT2D eigenvalue weighted by molar-refractivity contribution is 6.05. The van der Waals surface area contributed by atoms with Gasteiger partial charge in [0, 0.05) is 12.3 Å².